The molecule has 1 heterocycles. The first-order chi connectivity index (χ1) is 12.8. The SMILES string of the molecule is C[C@@H]1C[C@@H](C)CN(S(=O)(=O)c2ccc(C(=O)NCC(=O)NC3CC3)cc2)C1. The molecule has 0 bridgehead atoms. The maximum Gasteiger partial charge on any atom is 0.251 e. The zero-order chi connectivity index (χ0) is 19.6. The monoisotopic (exact) mass is 393 g/mol. The third-order valence-corrected chi connectivity index (χ3v) is 6.79. The molecule has 0 spiro atoms. The molecule has 2 atom stereocenters. The summed E-state index contributed by atoms with van der Waals surface area (Å²) < 4.78 is 27.2. The van der Waals surface area contributed by atoms with E-state index in [2.05, 4.69) is 24.5 Å². The number of carbonyl (C=O) groups excluding carboxylic acids is 2. The van der Waals surface area contributed by atoms with Crippen LogP contribution in [0.3, 0.4) is 0 Å². The van der Waals surface area contributed by atoms with Gasteiger partial charge in [-0.3, -0.25) is 9.59 Å². The van der Waals surface area contributed by atoms with Gasteiger partial charge in [-0.05, 0) is 55.4 Å². The highest BCUT2D eigenvalue weighted by Crippen LogP contribution is 2.26. The molecule has 148 valence electrons. The topological polar surface area (TPSA) is 95.6 Å². The Hall–Kier alpha value is -1.93. The van der Waals surface area contributed by atoms with E-state index in [1.54, 1.807) is 0 Å². The minimum atomic E-state index is -3.57. The molecule has 1 aliphatic carbocycles. The molecular weight excluding hydrogens is 366 g/mol. The summed E-state index contributed by atoms with van der Waals surface area (Å²) in [5.74, 6) is 0.0502. The van der Waals surface area contributed by atoms with E-state index in [0.29, 0.717) is 30.5 Å². The van der Waals surface area contributed by atoms with Gasteiger partial charge in [-0.2, -0.15) is 4.31 Å². The normalized spacial score (nSPS) is 23.6. The average molecular weight is 394 g/mol. The quantitative estimate of drug-likeness (QED) is 0.763. The molecule has 2 N–H and O–H groups in total. The van der Waals surface area contributed by atoms with Crippen LogP contribution in [-0.2, 0) is 14.8 Å². The molecule has 3 rings (SSSR count). The van der Waals surface area contributed by atoms with Crippen molar-refractivity contribution in [2.45, 2.75) is 44.0 Å². The predicted octanol–water partition coefficient (Wildman–Crippen LogP) is 1.36. The van der Waals surface area contributed by atoms with Gasteiger partial charge in [0.05, 0.1) is 11.4 Å². The molecular formula is C19H27N3O4S. The Labute approximate surface area is 160 Å². The van der Waals surface area contributed by atoms with Crippen molar-refractivity contribution in [2.75, 3.05) is 19.6 Å². The summed E-state index contributed by atoms with van der Waals surface area (Å²) >= 11 is 0. The molecule has 8 heteroatoms. The molecule has 0 unspecified atom stereocenters. The number of nitrogens with zero attached hydrogens (tertiary/aromatic N) is 1. The van der Waals surface area contributed by atoms with E-state index in [1.807, 2.05) is 0 Å². The fourth-order valence-electron chi connectivity index (χ4n) is 3.50. The van der Waals surface area contributed by atoms with Gasteiger partial charge < -0.3 is 10.6 Å². The molecule has 1 aromatic carbocycles. The number of amides is 2. The summed E-state index contributed by atoms with van der Waals surface area (Å²) in [7, 11) is -3.57. The number of sulfonamides is 1. The number of rotatable bonds is 6. The summed E-state index contributed by atoms with van der Waals surface area (Å²) in [4.78, 5) is 24.0. The van der Waals surface area contributed by atoms with Gasteiger partial charge >= 0.3 is 0 Å². The van der Waals surface area contributed by atoms with Crippen LogP contribution < -0.4 is 10.6 Å². The number of benzene rings is 1. The van der Waals surface area contributed by atoms with Gasteiger partial charge in [0, 0.05) is 24.7 Å². The Morgan fingerprint density at radius 1 is 1.07 bits per heavy atom. The van der Waals surface area contributed by atoms with Gasteiger partial charge in [0.1, 0.15) is 0 Å². The van der Waals surface area contributed by atoms with Crippen LogP contribution in [0.2, 0.25) is 0 Å². The molecule has 2 aliphatic rings. The third-order valence-electron chi connectivity index (χ3n) is 4.94. The number of hydrogen-bond acceptors (Lipinski definition) is 4. The van der Waals surface area contributed by atoms with Crippen LogP contribution in [-0.4, -0.2) is 50.2 Å². The van der Waals surface area contributed by atoms with Crippen LogP contribution in [0.15, 0.2) is 29.2 Å². The minimum Gasteiger partial charge on any atom is -0.352 e. The second-order valence-electron chi connectivity index (χ2n) is 7.82. The van der Waals surface area contributed by atoms with Crippen molar-refractivity contribution < 1.29 is 18.0 Å². The summed E-state index contributed by atoms with van der Waals surface area (Å²) in [6.45, 7) is 5.07. The van der Waals surface area contributed by atoms with Crippen molar-refractivity contribution in [3.8, 4) is 0 Å². The summed E-state index contributed by atoms with van der Waals surface area (Å²) in [6.07, 6.45) is 3.01. The molecule has 2 fully saturated rings. The van der Waals surface area contributed by atoms with Gasteiger partial charge in [0.15, 0.2) is 0 Å². The second kappa shape index (κ2) is 7.98. The molecule has 1 aromatic rings. The summed E-state index contributed by atoms with van der Waals surface area (Å²) in [5, 5.41) is 5.35. The third kappa shape index (κ3) is 5.07. The van der Waals surface area contributed by atoms with E-state index in [4.69, 9.17) is 0 Å². The van der Waals surface area contributed by atoms with E-state index in [0.717, 1.165) is 19.3 Å². The van der Waals surface area contributed by atoms with Crippen molar-refractivity contribution in [1.82, 2.24) is 14.9 Å². The Bertz CT molecular complexity index is 793. The van der Waals surface area contributed by atoms with Crippen molar-refractivity contribution >= 4 is 21.8 Å². The first-order valence-corrected chi connectivity index (χ1v) is 10.9. The Balaban J connectivity index is 1.61. The van der Waals surface area contributed by atoms with E-state index in [-0.39, 0.29) is 23.4 Å². The lowest BCUT2D eigenvalue weighted by molar-refractivity contribution is -0.120. The minimum absolute atomic E-state index is 0.0844. The van der Waals surface area contributed by atoms with E-state index >= 15 is 0 Å². The number of nitrogens with one attached hydrogen (secondary N) is 2. The van der Waals surface area contributed by atoms with Crippen molar-refractivity contribution in [3.05, 3.63) is 29.8 Å². The van der Waals surface area contributed by atoms with E-state index in [9.17, 15) is 18.0 Å². The number of hydrogen-bond donors (Lipinski definition) is 2. The van der Waals surface area contributed by atoms with E-state index in [1.165, 1.54) is 28.6 Å². The lowest BCUT2D eigenvalue weighted by atomic mass is 9.94. The molecule has 1 aliphatic heterocycles. The van der Waals surface area contributed by atoms with Crippen molar-refractivity contribution in [3.63, 3.8) is 0 Å². The van der Waals surface area contributed by atoms with Crippen molar-refractivity contribution in [1.29, 1.82) is 0 Å². The zero-order valence-corrected chi connectivity index (χ0v) is 16.6. The fourth-order valence-corrected chi connectivity index (χ4v) is 5.18. The van der Waals surface area contributed by atoms with Crippen LogP contribution in [0.5, 0.6) is 0 Å². The summed E-state index contributed by atoms with van der Waals surface area (Å²) in [5.41, 5.74) is 0.327. The fraction of sp³-hybridized carbons (Fsp3) is 0.579. The number of carbonyl (C=O) groups is 2. The lowest BCUT2D eigenvalue weighted by Crippen LogP contribution is -2.42. The first-order valence-electron chi connectivity index (χ1n) is 9.43. The molecule has 0 aromatic heterocycles. The van der Waals surface area contributed by atoms with Crippen LogP contribution in [0.1, 0.15) is 43.5 Å². The maximum atomic E-state index is 12.9. The molecule has 0 radical (unpaired) electrons. The Morgan fingerprint density at radius 3 is 2.22 bits per heavy atom. The van der Waals surface area contributed by atoms with E-state index < -0.39 is 15.9 Å². The first kappa shape index (κ1) is 19.8. The van der Waals surface area contributed by atoms with Crippen LogP contribution in [0.25, 0.3) is 0 Å². The molecule has 27 heavy (non-hydrogen) atoms. The van der Waals surface area contributed by atoms with Crippen LogP contribution in [0.4, 0.5) is 0 Å². The molecule has 2 amide bonds. The average Bonchev–Trinajstić information content (AvgIpc) is 3.43. The highest BCUT2D eigenvalue weighted by molar-refractivity contribution is 7.89. The van der Waals surface area contributed by atoms with Gasteiger partial charge in [0.2, 0.25) is 15.9 Å². The highest BCUT2D eigenvalue weighted by atomic mass is 32.2. The molecule has 1 saturated heterocycles. The van der Waals surface area contributed by atoms with Gasteiger partial charge in [-0.1, -0.05) is 13.8 Å². The van der Waals surface area contributed by atoms with Gasteiger partial charge in [-0.25, -0.2) is 8.42 Å². The second-order valence-corrected chi connectivity index (χ2v) is 9.75. The largest absolute Gasteiger partial charge is 0.352 e. The standard InChI is InChI=1S/C19H27N3O4S/c1-13-9-14(2)12-22(11-13)27(25,26)17-7-3-15(4-8-17)19(24)20-10-18(23)21-16-5-6-16/h3-4,7-8,13-14,16H,5-6,9-12H2,1-2H3,(H,20,24)(H,21,23)/t13-,14-/m1/s1. The highest BCUT2D eigenvalue weighted by Gasteiger charge is 2.31. The zero-order valence-electron chi connectivity index (χ0n) is 15.8. The van der Waals surface area contributed by atoms with Crippen LogP contribution >= 0.6 is 0 Å². The van der Waals surface area contributed by atoms with Gasteiger partial charge in [0.25, 0.3) is 5.91 Å². The predicted molar refractivity (Wildman–Crippen MR) is 102 cm³/mol. The van der Waals surface area contributed by atoms with Gasteiger partial charge in [-0.15, -0.1) is 0 Å². The molecule has 7 nitrogen and oxygen atoms in total. The summed E-state index contributed by atoms with van der Waals surface area (Å²) in [6, 6.07) is 6.13. The van der Waals surface area contributed by atoms with Crippen molar-refractivity contribution in [2.24, 2.45) is 11.8 Å². The Kier molecular flexibility index (Phi) is 5.86. The Morgan fingerprint density at radius 2 is 1.67 bits per heavy atom. The smallest absolute Gasteiger partial charge is 0.251 e. The lowest BCUT2D eigenvalue weighted by Gasteiger charge is -2.34. The maximum absolute atomic E-state index is 12.9. The molecule has 1 saturated carbocycles. The number of piperidine rings is 1. The van der Waals surface area contributed by atoms with Crippen LogP contribution in [0, 0.1) is 11.8 Å².